The molecule has 0 fully saturated rings. The maximum absolute atomic E-state index is 14.1. The highest BCUT2D eigenvalue weighted by atomic mass is 35.5. The van der Waals surface area contributed by atoms with Crippen LogP contribution in [-0.4, -0.2) is 12.0 Å². The lowest BCUT2D eigenvalue weighted by Crippen LogP contribution is -2.02. The summed E-state index contributed by atoms with van der Waals surface area (Å²) in [6.45, 7) is -0.147. The Bertz CT molecular complexity index is 1170. The summed E-state index contributed by atoms with van der Waals surface area (Å²) in [6, 6.07) is 17.2. The number of para-hydroxylation sites is 1. The first-order valence-corrected chi connectivity index (χ1v) is 9.41. The summed E-state index contributed by atoms with van der Waals surface area (Å²) < 4.78 is 25.3. The summed E-state index contributed by atoms with van der Waals surface area (Å²) in [6.07, 6.45) is 1.57. The number of nitriles is 1. The number of benzene rings is 3. The van der Waals surface area contributed by atoms with Crippen molar-refractivity contribution in [3.05, 3.63) is 98.3 Å². The number of nitro benzene ring substituents is 1. The predicted octanol–water partition coefficient (Wildman–Crippen LogP) is 6.04. The molecular weight excluding hydrogens is 423 g/mol. The molecule has 0 heterocycles. The summed E-state index contributed by atoms with van der Waals surface area (Å²) in [4.78, 5) is 10.3. The quantitative estimate of drug-likeness (QED) is 0.194. The number of hydrogen-bond donors (Lipinski definition) is 0. The molecule has 0 bridgehead atoms. The summed E-state index contributed by atoms with van der Waals surface area (Å²) in [5, 5.41) is 20.7. The van der Waals surface area contributed by atoms with Crippen LogP contribution < -0.4 is 9.47 Å². The van der Waals surface area contributed by atoms with Gasteiger partial charge in [-0.25, -0.2) is 4.39 Å². The van der Waals surface area contributed by atoms with Gasteiger partial charge in [-0.05, 0) is 42.0 Å². The standard InChI is InChI=1S/C23H16ClFN2O4/c1-30-22-7-2-4-16(23(22)31-14-19-20(24)5-3-6-21(19)25)12-17(13-26)15-8-10-18(11-9-15)27(28)29/h2-12H,14H2,1H3. The summed E-state index contributed by atoms with van der Waals surface area (Å²) in [7, 11) is 1.47. The Morgan fingerprint density at radius 2 is 1.90 bits per heavy atom. The Morgan fingerprint density at radius 3 is 2.52 bits per heavy atom. The van der Waals surface area contributed by atoms with E-state index in [1.54, 1.807) is 30.3 Å². The smallest absolute Gasteiger partial charge is 0.269 e. The van der Waals surface area contributed by atoms with Gasteiger partial charge in [0.15, 0.2) is 11.5 Å². The van der Waals surface area contributed by atoms with Gasteiger partial charge in [0.1, 0.15) is 12.4 Å². The van der Waals surface area contributed by atoms with Crippen molar-refractivity contribution in [1.82, 2.24) is 0 Å². The fourth-order valence-electron chi connectivity index (χ4n) is 2.87. The molecule has 0 spiro atoms. The lowest BCUT2D eigenvalue weighted by atomic mass is 10.0. The molecule has 0 aliphatic rings. The topological polar surface area (TPSA) is 85.4 Å². The van der Waals surface area contributed by atoms with Gasteiger partial charge in [-0.15, -0.1) is 0 Å². The number of hydrogen-bond acceptors (Lipinski definition) is 5. The second-order valence-electron chi connectivity index (χ2n) is 6.34. The van der Waals surface area contributed by atoms with Crippen LogP contribution in [0.4, 0.5) is 10.1 Å². The maximum atomic E-state index is 14.1. The molecule has 156 valence electrons. The molecule has 0 unspecified atom stereocenters. The Kier molecular flexibility index (Phi) is 6.85. The third kappa shape index (κ3) is 5.00. The van der Waals surface area contributed by atoms with E-state index in [1.165, 1.54) is 43.5 Å². The first-order valence-electron chi connectivity index (χ1n) is 9.04. The maximum Gasteiger partial charge on any atom is 0.269 e. The first-order chi connectivity index (χ1) is 14.9. The van der Waals surface area contributed by atoms with E-state index in [9.17, 15) is 19.8 Å². The monoisotopic (exact) mass is 438 g/mol. The second kappa shape index (κ2) is 9.74. The molecule has 3 aromatic rings. The Hall–Kier alpha value is -3.89. The zero-order valence-corrected chi connectivity index (χ0v) is 17.1. The van der Waals surface area contributed by atoms with Crippen molar-refractivity contribution in [2.24, 2.45) is 0 Å². The molecule has 0 radical (unpaired) electrons. The van der Waals surface area contributed by atoms with Gasteiger partial charge >= 0.3 is 0 Å². The van der Waals surface area contributed by atoms with Gasteiger partial charge in [0.05, 0.1) is 28.7 Å². The average molecular weight is 439 g/mol. The summed E-state index contributed by atoms with van der Waals surface area (Å²) >= 11 is 6.08. The Labute approximate surface area is 182 Å². The van der Waals surface area contributed by atoms with Crippen molar-refractivity contribution in [3.63, 3.8) is 0 Å². The number of rotatable bonds is 7. The Balaban J connectivity index is 1.98. The SMILES string of the molecule is COc1cccc(C=C(C#N)c2ccc([N+](=O)[O-])cc2)c1OCc1c(F)cccc1Cl. The number of methoxy groups -OCH3 is 1. The number of halogens is 2. The van der Waals surface area contributed by atoms with Gasteiger partial charge in [0.25, 0.3) is 5.69 Å². The van der Waals surface area contributed by atoms with Crippen LogP contribution in [0.5, 0.6) is 11.5 Å². The first kappa shape index (κ1) is 21.8. The number of non-ortho nitro benzene ring substituents is 1. The molecule has 0 aromatic heterocycles. The average Bonchev–Trinajstić information content (AvgIpc) is 2.77. The third-order valence-electron chi connectivity index (χ3n) is 4.46. The van der Waals surface area contributed by atoms with Crippen LogP contribution in [0.25, 0.3) is 11.6 Å². The fraction of sp³-hybridized carbons (Fsp3) is 0.0870. The molecule has 0 saturated carbocycles. The molecule has 0 N–H and O–H groups in total. The van der Waals surface area contributed by atoms with Crippen molar-refractivity contribution in [1.29, 1.82) is 5.26 Å². The van der Waals surface area contributed by atoms with Gasteiger partial charge in [0, 0.05) is 23.3 Å². The molecule has 31 heavy (non-hydrogen) atoms. The van der Waals surface area contributed by atoms with E-state index in [4.69, 9.17) is 21.1 Å². The van der Waals surface area contributed by atoms with Crippen molar-refractivity contribution in [2.75, 3.05) is 7.11 Å². The molecule has 0 amide bonds. The van der Waals surface area contributed by atoms with Crippen molar-refractivity contribution >= 4 is 28.9 Å². The van der Waals surface area contributed by atoms with Crippen LogP contribution >= 0.6 is 11.6 Å². The lowest BCUT2D eigenvalue weighted by molar-refractivity contribution is -0.384. The molecule has 0 aliphatic carbocycles. The predicted molar refractivity (Wildman–Crippen MR) is 115 cm³/mol. The second-order valence-corrected chi connectivity index (χ2v) is 6.75. The van der Waals surface area contributed by atoms with E-state index in [1.807, 2.05) is 0 Å². The minimum atomic E-state index is -0.513. The van der Waals surface area contributed by atoms with Gasteiger partial charge < -0.3 is 9.47 Å². The number of nitrogens with zero attached hydrogens (tertiary/aromatic N) is 2. The van der Waals surface area contributed by atoms with Gasteiger partial charge in [0.2, 0.25) is 0 Å². The molecule has 3 rings (SSSR count). The summed E-state index contributed by atoms with van der Waals surface area (Å²) in [5.74, 6) is 0.198. The molecule has 0 saturated heterocycles. The molecule has 6 nitrogen and oxygen atoms in total. The lowest BCUT2D eigenvalue weighted by Gasteiger charge is -2.15. The molecule has 8 heteroatoms. The van der Waals surface area contributed by atoms with Crippen LogP contribution in [0.2, 0.25) is 5.02 Å². The molecule has 3 aromatic carbocycles. The van der Waals surface area contributed by atoms with Crippen LogP contribution in [0, 0.1) is 27.3 Å². The van der Waals surface area contributed by atoms with Crippen molar-refractivity contribution in [3.8, 4) is 17.6 Å². The minimum Gasteiger partial charge on any atom is -0.493 e. The van der Waals surface area contributed by atoms with E-state index in [-0.39, 0.29) is 28.5 Å². The minimum absolute atomic E-state index is 0.0757. The Morgan fingerprint density at radius 1 is 1.19 bits per heavy atom. The highest BCUT2D eigenvalue weighted by Crippen LogP contribution is 2.35. The largest absolute Gasteiger partial charge is 0.493 e. The van der Waals surface area contributed by atoms with E-state index in [2.05, 4.69) is 6.07 Å². The summed E-state index contributed by atoms with van der Waals surface area (Å²) in [5.41, 5.74) is 1.40. The normalized spacial score (nSPS) is 11.0. The van der Waals surface area contributed by atoms with E-state index in [0.717, 1.165) is 0 Å². The van der Waals surface area contributed by atoms with E-state index in [0.29, 0.717) is 22.6 Å². The highest BCUT2D eigenvalue weighted by molar-refractivity contribution is 6.31. The van der Waals surface area contributed by atoms with Gasteiger partial charge in [-0.3, -0.25) is 10.1 Å². The number of allylic oxidation sites excluding steroid dienone is 1. The van der Waals surface area contributed by atoms with Crippen LogP contribution in [0.3, 0.4) is 0 Å². The number of ether oxygens (including phenoxy) is 2. The molecule has 0 aliphatic heterocycles. The molecular formula is C23H16ClFN2O4. The van der Waals surface area contributed by atoms with Crippen LogP contribution in [0.1, 0.15) is 16.7 Å². The van der Waals surface area contributed by atoms with Gasteiger partial charge in [-0.1, -0.05) is 29.8 Å². The fourth-order valence-corrected chi connectivity index (χ4v) is 3.09. The zero-order chi connectivity index (χ0) is 22.4. The van der Waals surface area contributed by atoms with Crippen LogP contribution in [-0.2, 0) is 6.61 Å². The van der Waals surface area contributed by atoms with E-state index < -0.39 is 10.7 Å². The zero-order valence-electron chi connectivity index (χ0n) is 16.3. The van der Waals surface area contributed by atoms with Crippen molar-refractivity contribution in [2.45, 2.75) is 6.61 Å². The highest BCUT2D eigenvalue weighted by Gasteiger charge is 2.14. The van der Waals surface area contributed by atoms with Gasteiger partial charge in [-0.2, -0.15) is 5.26 Å². The van der Waals surface area contributed by atoms with Crippen LogP contribution in [0.15, 0.2) is 60.7 Å². The van der Waals surface area contributed by atoms with Crippen molar-refractivity contribution < 1.29 is 18.8 Å². The van der Waals surface area contributed by atoms with E-state index >= 15 is 0 Å². The molecule has 0 atom stereocenters. The number of nitro groups is 1. The third-order valence-corrected chi connectivity index (χ3v) is 4.82.